The molecule has 0 amide bonds. The van der Waals surface area contributed by atoms with Gasteiger partial charge in [0.15, 0.2) is 10.6 Å². The van der Waals surface area contributed by atoms with E-state index in [1.807, 2.05) is 0 Å². The zero-order chi connectivity index (χ0) is 13.8. The molecule has 0 unspecified atom stereocenters. The molecule has 19 heavy (non-hydrogen) atoms. The number of ether oxygens (including phenoxy) is 2. The van der Waals surface area contributed by atoms with E-state index in [1.165, 1.54) is 25.4 Å². The van der Waals surface area contributed by atoms with E-state index in [2.05, 4.69) is 9.72 Å². The van der Waals surface area contributed by atoms with Gasteiger partial charge < -0.3 is 9.47 Å². The summed E-state index contributed by atoms with van der Waals surface area (Å²) >= 11 is 1.15. The van der Waals surface area contributed by atoms with Crippen LogP contribution in [0.15, 0.2) is 29.8 Å². The van der Waals surface area contributed by atoms with Crippen molar-refractivity contribution in [3.63, 3.8) is 0 Å². The largest absolute Gasteiger partial charge is 0.465 e. The Kier molecular flexibility index (Phi) is 3.71. The van der Waals surface area contributed by atoms with Crippen LogP contribution < -0.4 is 4.74 Å². The molecule has 0 aliphatic rings. The van der Waals surface area contributed by atoms with Gasteiger partial charge in [0.25, 0.3) is 5.69 Å². The lowest BCUT2D eigenvalue weighted by molar-refractivity contribution is -0.385. The van der Waals surface area contributed by atoms with E-state index in [9.17, 15) is 14.9 Å². The lowest BCUT2D eigenvalue weighted by Gasteiger charge is -2.04. The summed E-state index contributed by atoms with van der Waals surface area (Å²) < 4.78 is 9.96. The van der Waals surface area contributed by atoms with Gasteiger partial charge in [0.2, 0.25) is 5.88 Å². The number of aromatic nitrogens is 1. The quantitative estimate of drug-likeness (QED) is 0.485. The molecule has 0 fully saturated rings. The number of esters is 1. The first-order chi connectivity index (χ1) is 9.11. The van der Waals surface area contributed by atoms with E-state index in [0.29, 0.717) is 0 Å². The van der Waals surface area contributed by atoms with Crippen molar-refractivity contribution in [2.24, 2.45) is 0 Å². The molecular formula is C11H8N2O5S. The molecule has 98 valence electrons. The number of nitro groups is 1. The highest BCUT2D eigenvalue weighted by Gasteiger charge is 2.17. The van der Waals surface area contributed by atoms with Crippen LogP contribution >= 0.6 is 11.3 Å². The zero-order valence-corrected chi connectivity index (χ0v) is 10.5. The molecule has 2 rings (SSSR count). The van der Waals surface area contributed by atoms with Crippen molar-refractivity contribution in [3.05, 3.63) is 44.8 Å². The molecule has 0 aliphatic carbocycles. The molecule has 2 aromatic heterocycles. The van der Waals surface area contributed by atoms with Gasteiger partial charge in [-0.05, 0) is 11.4 Å². The summed E-state index contributed by atoms with van der Waals surface area (Å²) in [5.41, 5.74) is -0.139. The van der Waals surface area contributed by atoms with Crippen LogP contribution in [0, 0.1) is 10.1 Å². The van der Waals surface area contributed by atoms with Crippen LogP contribution in [0.5, 0.6) is 11.6 Å². The van der Waals surface area contributed by atoms with Crippen molar-refractivity contribution < 1.29 is 19.2 Å². The smallest absolute Gasteiger partial charge is 0.351 e. The molecule has 2 aromatic rings. The Morgan fingerprint density at radius 1 is 1.47 bits per heavy atom. The van der Waals surface area contributed by atoms with Crippen molar-refractivity contribution in [1.29, 1.82) is 0 Å². The van der Waals surface area contributed by atoms with Crippen LogP contribution in [-0.2, 0) is 4.74 Å². The molecule has 0 spiro atoms. The Balaban J connectivity index is 2.26. The van der Waals surface area contributed by atoms with Gasteiger partial charge in [-0.2, -0.15) is 0 Å². The number of hydrogen-bond acceptors (Lipinski definition) is 7. The molecule has 0 N–H and O–H groups in total. The second-order valence-electron chi connectivity index (χ2n) is 3.32. The number of carbonyl (C=O) groups is 1. The number of nitrogens with zero attached hydrogens (tertiary/aromatic N) is 2. The summed E-state index contributed by atoms with van der Waals surface area (Å²) in [6, 6.07) is 4.00. The summed E-state index contributed by atoms with van der Waals surface area (Å²) in [6.45, 7) is 0. The molecule has 0 aromatic carbocycles. The highest BCUT2D eigenvalue weighted by Crippen LogP contribution is 2.30. The first kappa shape index (κ1) is 13.0. The highest BCUT2D eigenvalue weighted by molar-refractivity contribution is 7.12. The second kappa shape index (κ2) is 5.44. The monoisotopic (exact) mass is 280 g/mol. The predicted molar refractivity (Wildman–Crippen MR) is 66.6 cm³/mol. The van der Waals surface area contributed by atoms with Crippen LogP contribution in [-0.4, -0.2) is 23.0 Å². The van der Waals surface area contributed by atoms with Gasteiger partial charge in [-0.1, -0.05) is 0 Å². The summed E-state index contributed by atoms with van der Waals surface area (Å²) in [6.07, 6.45) is 1.26. The number of rotatable bonds is 4. The minimum Gasteiger partial charge on any atom is -0.465 e. The number of hydrogen-bond donors (Lipinski definition) is 0. The van der Waals surface area contributed by atoms with Gasteiger partial charge in [0.1, 0.15) is 0 Å². The standard InChI is InChI=1S/C11H8N2O5S/c1-17-11(14)10-8(3-5-19-10)18-9-6-7(13(15)16)2-4-12-9/h2-6H,1H3. The average Bonchev–Trinajstić information content (AvgIpc) is 2.86. The highest BCUT2D eigenvalue weighted by atomic mass is 32.1. The predicted octanol–water partition coefficient (Wildman–Crippen LogP) is 2.63. The Morgan fingerprint density at radius 3 is 2.95 bits per heavy atom. The topological polar surface area (TPSA) is 91.6 Å². The Bertz CT molecular complexity index is 625. The van der Waals surface area contributed by atoms with E-state index >= 15 is 0 Å². The van der Waals surface area contributed by atoms with E-state index in [4.69, 9.17) is 4.74 Å². The van der Waals surface area contributed by atoms with E-state index < -0.39 is 10.9 Å². The normalized spacial score (nSPS) is 9.95. The van der Waals surface area contributed by atoms with Crippen molar-refractivity contribution in [1.82, 2.24) is 4.98 Å². The lowest BCUT2D eigenvalue weighted by atomic mass is 10.4. The van der Waals surface area contributed by atoms with Crippen LogP contribution in [0.4, 0.5) is 5.69 Å². The maximum atomic E-state index is 11.4. The van der Waals surface area contributed by atoms with Crippen molar-refractivity contribution in [2.45, 2.75) is 0 Å². The van der Waals surface area contributed by atoms with Gasteiger partial charge in [0.05, 0.1) is 18.1 Å². The van der Waals surface area contributed by atoms with Crippen molar-refractivity contribution in [3.8, 4) is 11.6 Å². The van der Waals surface area contributed by atoms with Gasteiger partial charge in [-0.3, -0.25) is 10.1 Å². The Hall–Kier alpha value is -2.48. The summed E-state index contributed by atoms with van der Waals surface area (Å²) in [7, 11) is 1.26. The van der Waals surface area contributed by atoms with Gasteiger partial charge in [-0.25, -0.2) is 9.78 Å². The third-order valence-corrected chi connectivity index (χ3v) is 3.02. The number of pyridine rings is 1. The summed E-state index contributed by atoms with van der Waals surface area (Å²) in [5, 5.41) is 12.3. The van der Waals surface area contributed by atoms with Crippen LogP contribution in [0.1, 0.15) is 9.67 Å². The van der Waals surface area contributed by atoms with E-state index in [1.54, 1.807) is 11.4 Å². The molecule has 0 bridgehead atoms. The third kappa shape index (κ3) is 2.86. The average molecular weight is 280 g/mol. The number of methoxy groups -OCH3 is 1. The maximum absolute atomic E-state index is 11.4. The number of carbonyl (C=O) groups excluding carboxylic acids is 1. The van der Waals surface area contributed by atoms with Gasteiger partial charge >= 0.3 is 5.97 Å². The minimum atomic E-state index is -0.552. The fourth-order valence-corrected chi connectivity index (χ4v) is 2.03. The first-order valence-electron chi connectivity index (χ1n) is 5.06. The summed E-state index contributed by atoms with van der Waals surface area (Å²) in [5.74, 6) is -0.238. The lowest BCUT2D eigenvalue weighted by Crippen LogP contribution is -2.00. The minimum absolute atomic E-state index is 0.0396. The Morgan fingerprint density at radius 2 is 2.26 bits per heavy atom. The molecule has 0 aliphatic heterocycles. The molecule has 2 heterocycles. The summed E-state index contributed by atoms with van der Waals surface area (Å²) in [4.78, 5) is 25.6. The molecular weight excluding hydrogens is 272 g/mol. The third-order valence-electron chi connectivity index (χ3n) is 2.14. The van der Waals surface area contributed by atoms with Crippen molar-refractivity contribution >= 4 is 23.0 Å². The van der Waals surface area contributed by atoms with Crippen LogP contribution in [0.2, 0.25) is 0 Å². The van der Waals surface area contributed by atoms with E-state index in [0.717, 1.165) is 11.3 Å². The zero-order valence-electron chi connectivity index (χ0n) is 9.73. The van der Waals surface area contributed by atoms with Crippen LogP contribution in [0.25, 0.3) is 0 Å². The molecule has 7 nitrogen and oxygen atoms in total. The van der Waals surface area contributed by atoms with Gasteiger partial charge in [-0.15, -0.1) is 11.3 Å². The fraction of sp³-hybridized carbons (Fsp3) is 0.0909. The van der Waals surface area contributed by atoms with Crippen LogP contribution in [0.3, 0.4) is 0 Å². The second-order valence-corrected chi connectivity index (χ2v) is 4.23. The SMILES string of the molecule is COC(=O)c1sccc1Oc1cc([N+](=O)[O-])ccn1. The number of thiophene rings is 1. The molecule has 8 heteroatoms. The Labute approximate surface area is 111 Å². The molecule has 0 radical (unpaired) electrons. The fourth-order valence-electron chi connectivity index (χ4n) is 1.30. The first-order valence-corrected chi connectivity index (χ1v) is 5.94. The molecule has 0 atom stereocenters. The maximum Gasteiger partial charge on any atom is 0.351 e. The van der Waals surface area contributed by atoms with Crippen molar-refractivity contribution in [2.75, 3.05) is 7.11 Å². The molecule has 0 saturated carbocycles. The molecule has 0 saturated heterocycles. The van der Waals surface area contributed by atoms with E-state index in [-0.39, 0.29) is 22.2 Å². The van der Waals surface area contributed by atoms with Gasteiger partial charge in [0, 0.05) is 12.3 Å².